The number of hydrogen-bond acceptors (Lipinski definition) is 3. The summed E-state index contributed by atoms with van der Waals surface area (Å²) in [6.07, 6.45) is 2.81. The Morgan fingerprint density at radius 1 is 1.03 bits per heavy atom. The fraction of sp³-hybridized carbons (Fsp3) is 0.548. The van der Waals surface area contributed by atoms with Crippen molar-refractivity contribution in [1.29, 1.82) is 0 Å². The van der Waals surface area contributed by atoms with Gasteiger partial charge in [-0.1, -0.05) is 30.7 Å². The predicted molar refractivity (Wildman–Crippen MR) is 151 cm³/mol. The summed E-state index contributed by atoms with van der Waals surface area (Å²) in [5.74, 6) is -1.53. The average molecular weight is 560 g/mol. The maximum atomic E-state index is 14.8. The quantitative estimate of drug-likeness (QED) is 0.459. The topological polar surface area (TPSA) is 52.7 Å². The molecule has 0 aromatic heterocycles. The largest absolute Gasteiger partial charge is 0.356 e. The second kappa shape index (κ2) is 12.3. The molecule has 2 amide bonds. The molecular weight excluding hydrogens is 520 g/mol. The first kappa shape index (κ1) is 29.5. The van der Waals surface area contributed by atoms with Gasteiger partial charge in [-0.2, -0.15) is 0 Å². The summed E-state index contributed by atoms with van der Waals surface area (Å²) in [7, 11) is 0. The zero-order valence-electron chi connectivity index (χ0n) is 23.4. The van der Waals surface area contributed by atoms with E-state index >= 15 is 0 Å². The van der Waals surface area contributed by atoms with Crippen molar-refractivity contribution in [2.75, 3.05) is 32.7 Å². The maximum Gasteiger partial charge on any atom is 0.227 e. The van der Waals surface area contributed by atoms with Gasteiger partial charge in [0.05, 0.1) is 5.92 Å². The Bertz CT molecular complexity index is 1190. The highest BCUT2D eigenvalue weighted by Crippen LogP contribution is 2.40. The molecule has 39 heavy (non-hydrogen) atoms. The molecule has 2 aromatic rings. The van der Waals surface area contributed by atoms with Gasteiger partial charge in [-0.05, 0) is 80.8 Å². The van der Waals surface area contributed by atoms with Crippen LogP contribution in [0, 0.1) is 17.6 Å². The monoisotopic (exact) mass is 559 g/mol. The molecule has 2 aromatic carbocycles. The van der Waals surface area contributed by atoms with Gasteiger partial charge in [-0.3, -0.25) is 14.5 Å². The van der Waals surface area contributed by atoms with Crippen LogP contribution in [0.3, 0.4) is 0 Å². The first-order chi connectivity index (χ1) is 18.5. The first-order valence-electron chi connectivity index (χ1n) is 14.0. The molecule has 212 valence electrons. The second-order valence-corrected chi connectivity index (χ2v) is 12.3. The van der Waals surface area contributed by atoms with E-state index in [0.29, 0.717) is 62.1 Å². The number of nitrogens with one attached hydrogen (secondary N) is 1. The van der Waals surface area contributed by atoms with E-state index in [-0.39, 0.29) is 29.2 Å². The lowest BCUT2D eigenvalue weighted by molar-refractivity contribution is -0.136. The van der Waals surface area contributed by atoms with Gasteiger partial charge in [0, 0.05) is 61.7 Å². The van der Waals surface area contributed by atoms with Crippen molar-refractivity contribution in [1.82, 2.24) is 15.1 Å². The van der Waals surface area contributed by atoms with Crippen molar-refractivity contribution >= 4 is 23.4 Å². The van der Waals surface area contributed by atoms with Gasteiger partial charge in [-0.15, -0.1) is 0 Å². The van der Waals surface area contributed by atoms with Gasteiger partial charge in [0.15, 0.2) is 0 Å². The number of nitrogens with zero attached hydrogens (tertiary/aromatic N) is 2. The van der Waals surface area contributed by atoms with Gasteiger partial charge in [0.2, 0.25) is 11.8 Å². The third kappa shape index (κ3) is 6.98. The van der Waals surface area contributed by atoms with E-state index in [1.54, 1.807) is 0 Å². The van der Waals surface area contributed by atoms with Crippen LogP contribution in [-0.2, 0) is 16.0 Å². The maximum absolute atomic E-state index is 14.8. The predicted octanol–water partition coefficient (Wildman–Crippen LogP) is 5.91. The second-order valence-electron chi connectivity index (χ2n) is 11.9. The van der Waals surface area contributed by atoms with E-state index in [1.165, 1.54) is 17.7 Å². The molecule has 0 saturated carbocycles. The van der Waals surface area contributed by atoms with Gasteiger partial charge < -0.3 is 10.2 Å². The van der Waals surface area contributed by atoms with Gasteiger partial charge >= 0.3 is 0 Å². The highest BCUT2D eigenvalue weighted by molar-refractivity contribution is 6.30. The molecule has 0 radical (unpaired) electrons. The summed E-state index contributed by atoms with van der Waals surface area (Å²) in [5.41, 5.74) is 2.60. The molecular formula is C31H40ClF2N3O2. The van der Waals surface area contributed by atoms with Crippen LogP contribution < -0.4 is 5.32 Å². The fourth-order valence-corrected chi connectivity index (χ4v) is 6.21. The van der Waals surface area contributed by atoms with Crippen LogP contribution in [0.2, 0.25) is 5.02 Å². The van der Waals surface area contributed by atoms with E-state index in [0.717, 1.165) is 24.5 Å². The Hall–Kier alpha value is -2.51. The first-order valence-corrected chi connectivity index (χ1v) is 14.4. The van der Waals surface area contributed by atoms with Gasteiger partial charge in [0.1, 0.15) is 11.6 Å². The van der Waals surface area contributed by atoms with E-state index in [4.69, 9.17) is 11.6 Å². The minimum atomic E-state index is -0.610. The average Bonchev–Trinajstić information content (AvgIpc) is 3.34. The van der Waals surface area contributed by atoms with Crippen molar-refractivity contribution < 1.29 is 18.4 Å². The van der Waals surface area contributed by atoms with Crippen LogP contribution >= 0.6 is 11.6 Å². The Kier molecular flexibility index (Phi) is 9.33. The summed E-state index contributed by atoms with van der Waals surface area (Å²) in [6, 6.07) is 9.66. The number of halogens is 3. The molecule has 0 bridgehead atoms. The molecule has 0 spiro atoms. The van der Waals surface area contributed by atoms with Crippen LogP contribution in [0.15, 0.2) is 36.4 Å². The summed E-state index contributed by atoms with van der Waals surface area (Å²) in [6.45, 7) is 11.1. The highest BCUT2D eigenvalue weighted by Gasteiger charge is 2.44. The molecule has 2 atom stereocenters. The zero-order valence-corrected chi connectivity index (χ0v) is 24.2. The van der Waals surface area contributed by atoms with Crippen molar-refractivity contribution in [2.45, 2.75) is 70.8 Å². The molecule has 2 fully saturated rings. The Morgan fingerprint density at radius 2 is 1.72 bits per heavy atom. The number of amides is 2. The molecule has 2 saturated heterocycles. The summed E-state index contributed by atoms with van der Waals surface area (Å²) >= 11 is 6.30. The van der Waals surface area contributed by atoms with Crippen LogP contribution in [0.25, 0.3) is 0 Å². The van der Waals surface area contributed by atoms with Gasteiger partial charge in [0.25, 0.3) is 0 Å². The fourth-order valence-electron chi connectivity index (χ4n) is 6.02. The number of carbonyl (C=O) groups excluding carboxylic acids is 2. The number of piperidine rings is 1. The number of carbonyl (C=O) groups is 2. The lowest BCUT2D eigenvalue weighted by atomic mass is 9.84. The third-order valence-electron chi connectivity index (χ3n) is 8.34. The smallest absolute Gasteiger partial charge is 0.227 e. The highest BCUT2D eigenvalue weighted by atomic mass is 35.5. The minimum absolute atomic E-state index is 0.0289. The minimum Gasteiger partial charge on any atom is -0.356 e. The molecule has 4 rings (SSSR count). The molecule has 2 heterocycles. The Balaban J connectivity index is 1.46. The lowest BCUT2D eigenvalue weighted by Crippen LogP contribution is -2.44. The number of benzene rings is 2. The van der Waals surface area contributed by atoms with Crippen LogP contribution in [-0.4, -0.2) is 59.9 Å². The third-order valence-corrected chi connectivity index (χ3v) is 8.57. The van der Waals surface area contributed by atoms with Crippen molar-refractivity contribution in [3.63, 3.8) is 0 Å². The van der Waals surface area contributed by atoms with Crippen LogP contribution in [0.5, 0.6) is 0 Å². The molecule has 0 unspecified atom stereocenters. The normalized spacial score (nSPS) is 20.8. The molecule has 0 aliphatic carbocycles. The zero-order chi connectivity index (χ0) is 28.3. The molecule has 5 nitrogen and oxygen atoms in total. The molecule has 1 N–H and O–H groups in total. The van der Waals surface area contributed by atoms with Crippen LogP contribution in [0.4, 0.5) is 8.78 Å². The summed E-state index contributed by atoms with van der Waals surface area (Å²) in [4.78, 5) is 29.7. The standard InChI is InChI=1S/C31H40ClF2N3O2/c1-5-29(38)35-13-10-21-16-22(32)6-8-24(21)20-11-14-36(15-12-20)30(39)27-19-37(31(2,3)4)18-26(27)25-9-7-23(33)17-28(25)34/h6-9,16-17,20,26-27H,5,10-15,18-19H2,1-4H3,(H,35,38)/t26-,27+/m0/s1. The lowest BCUT2D eigenvalue weighted by Gasteiger charge is -2.36. The molecule has 8 heteroatoms. The number of hydrogen-bond donors (Lipinski definition) is 1. The summed E-state index contributed by atoms with van der Waals surface area (Å²) < 4.78 is 28.5. The van der Waals surface area contributed by atoms with E-state index < -0.39 is 11.6 Å². The van der Waals surface area contributed by atoms with Gasteiger partial charge in [-0.25, -0.2) is 8.78 Å². The van der Waals surface area contributed by atoms with Crippen molar-refractivity contribution in [2.24, 2.45) is 5.92 Å². The Morgan fingerprint density at radius 3 is 2.36 bits per heavy atom. The summed E-state index contributed by atoms with van der Waals surface area (Å²) in [5, 5.41) is 3.61. The Labute approximate surface area is 235 Å². The number of rotatable bonds is 7. The molecule has 2 aliphatic rings. The van der Waals surface area contributed by atoms with Crippen molar-refractivity contribution in [3.05, 3.63) is 69.7 Å². The molecule has 2 aliphatic heterocycles. The number of likely N-dealkylation sites (tertiary alicyclic amines) is 2. The van der Waals surface area contributed by atoms with E-state index in [1.807, 2.05) is 24.0 Å². The van der Waals surface area contributed by atoms with Crippen molar-refractivity contribution in [3.8, 4) is 0 Å². The van der Waals surface area contributed by atoms with Crippen LogP contribution in [0.1, 0.15) is 75.5 Å². The van der Waals surface area contributed by atoms with E-state index in [2.05, 4.69) is 37.1 Å². The SMILES string of the molecule is CCC(=O)NCCc1cc(Cl)ccc1C1CCN(C(=O)[C@@H]2CN(C(C)(C)C)C[C@H]2c2ccc(F)cc2F)CC1. The van der Waals surface area contributed by atoms with E-state index in [9.17, 15) is 18.4 Å².